The van der Waals surface area contributed by atoms with Crippen molar-refractivity contribution >= 4 is 37.3 Å². The van der Waals surface area contributed by atoms with E-state index in [1.54, 1.807) is 6.07 Å². The lowest BCUT2D eigenvalue weighted by Gasteiger charge is -2.16. The fraction of sp³-hybridized carbons (Fsp3) is 0.357. The fourth-order valence-electron chi connectivity index (χ4n) is 1.90. The third-order valence-electron chi connectivity index (χ3n) is 3.30. The summed E-state index contributed by atoms with van der Waals surface area (Å²) in [6.45, 7) is 0. The third-order valence-corrected chi connectivity index (χ3v) is 5.36. The molecule has 1 aromatic carbocycles. The summed E-state index contributed by atoms with van der Waals surface area (Å²) in [6.07, 6.45) is 2.44. The Balaban J connectivity index is 2.34. The van der Waals surface area contributed by atoms with E-state index in [0.29, 0.717) is 12.8 Å². The molecule has 0 spiro atoms. The zero-order chi connectivity index (χ0) is 15.8. The maximum atomic E-state index is 12.4. The van der Waals surface area contributed by atoms with Gasteiger partial charge in [-0.25, -0.2) is 8.42 Å². The number of ketones is 2. The molecule has 7 heteroatoms. The molecular formula is C14H12BrNO4S. The highest BCUT2D eigenvalue weighted by atomic mass is 79.9. The Morgan fingerprint density at radius 3 is 2.19 bits per heavy atom. The van der Waals surface area contributed by atoms with Crippen molar-refractivity contribution in [1.82, 2.24) is 0 Å². The number of hydrogen-bond donors (Lipinski definition) is 0. The van der Waals surface area contributed by atoms with Crippen molar-refractivity contribution in [2.75, 3.05) is 6.26 Å². The number of Topliss-reactive ketones (excluding diaryl/α,β-unsaturated/α-hetero) is 2. The molecule has 1 unspecified atom stereocenters. The Morgan fingerprint density at radius 1 is 1.29 bits per heavy atom. The summed E-state index contributed by atoms with van der Waals surface area (Å²) in [4.78, 5) is 24.6. The van der Waals surface area contributed by atoms with Crippen LogP contribution in [0.4, 0.5) is 0 Å². The SMILES string of the molecule is CS(=O)(=O)c1ccc(C(=O)C(Br)(C#N)C(=O)C2CC2)cc1. The lowest BCUT2D eigenvalue weighted by atomic mass is 9.92. The van der Waals surface area contributed by atoms with Crippen LogP contribution in [0.2, 0.25) is 0 Å². The van der Waals surface area contributed by atoms with Gasteiger partial charge in [-0.1, -0.05) is 28.1 Å². The zero-order valence-corrected chi connectivity index (χ0v) is 13.6. The zero-order valence-electron chi connectivity index (χ0n) is 11.2. The van der Waals surface area contributed by atoms with Crippen LogP contribution in [-0.4, -0.2) is 30.6 Å². The van der Waals surface area contributed by atoms with Gasteiger partial charge in [0.2, 0.25) is 10.1 Å². The van der Waals surface area contributed by atoms with Crippen LogP contribution in [0.25, 0.3) is 0 Å². The van der Waals surface area contributed by atoms with E-state index in [1.165, 1.54) is 24.3 Å². The molecule has 21 heavy (non-hydrogen) atoms. The molecule has 0 aromatic heterocycles. The van der Waals surface area contributed by atoms with Crippen LogP contribution in [0.15, 0.2) is 29.2 Å². The fourth-order valence-corrected chi connectivity index (χ4v) is 3.08. The monoisotopic (exact) mass is 369 g/mol. The highest BCUT2D eigenvalue weighted by molar-refractivity contribution is 9.10. The molecule has 1 aromatic rings. The predicted octanol–water partition coefficient (Wildman–Crippen LogP) is 1.91. The average molecular weight is 370 g/mol. The number of rotatable bonds is 5. The molecule has 1 fully saturated rings. The summed E-state index contributed by atoms with van der Waals surface area (Å²) < 4.78 is 20.9. The number of carbonyl (C=O) groups is 2. The predicted molar refractivity (Wildman–Crippen MR) is 78.9 cm³/mol. The van der Waals surface area contributed by atoms with Crippen LogP contribution in [0, 0.1) is 17.2 Å². The number of nitriles is 1. The molecular weight excluding hydrogens is 358 g/mol. The largest absolute Gasteiger partial charge is 0.296 e. The molecule has 0 aliphatic heterocycles. The minimum Gasteiger partial charge on any atom is -0.296 e. The van der Waals surface area contributed by atoms with Crippen molar-refractivity contribution in [2.24, 2.45) is 5.92 Å². The highest BCUT2D eigenvalue weighted by Crippen LogP contribution is 2.38. The van der Waals surface area contributed by atoms with Gasteiger partial charge in [-0.05, 0) is 25.0 Å². The molecule has 1 aliphatic carbocycles. The maximum absolute atomic E-state index is 12.4. The van der Waals surface area contributed by atoms with Gasteiger partial charge in [0, 0.05) is 17.7 Å². The van der Waals surface area contributed by atoms with Crippen LogP contribution in [0.1, 0.15) is 23.2 Å². The van der Waals surface area contributed by atoms with Crippen molar-refractivity contribution < 1.29 is 18.0 Å². The number of alkyl halides is 1. The standard InChI is InChI=1S/C14H12BrNO4S/c1-21(19,20)11-6-4-10(5-7-11)13(18)14(15,8-16)12(17)9-2-3-9/h4-7,9H,2-3H2,1H3. The second-order valence-electron chi connectivity index (χ2n) is 5.03. The van der Waals surface area contributed by atoms with Crippen LogP contribution < -0.4 is 0 Å². The molecule has 110 valence electrons. The number of carbonyl (C=O) groups excluding carboxylic acids is 2. The first-order valence-corrected chi connectivity index (χ1v) is 8.88. The minimum absolute atomic E-state index is 0.0738. The van der Waals surface area contributed by atoms with Crippen molar-refractivity contribution in [3.63, 3.8) is 0 Å². The minimum atomic E-state index is -3.36. The Hall–Kier alpha value is -1.52. The van der Waals surface area contributed by atoms with Crippen LogP contribution >= 0.6 is 15.9 Å². The maximum Gasteiger partial charge on any atom is 0.232 e. The Morgan fingerprint density at radius 2 is 1.81 bits per heavy atom. The first-order chi connectivity index (χ1) is 9.70. The first kappa shape index (κ1) is 15.9. The number of halogens is 1. The van der Waals surface area contributed by atoms with Gasteiger partial charge in [0.25, 0.3) is 0 Å². The number of nitrogens with zero attached hydrogens (tertiary/aromatic N) is 1. The van der Waals surface area contributed by atoms with Crippen LogP contribution in [0.5, 0.6) is 0 Å². The quantitative estimate of drug-likeness (QED) is 0.449. The summed E-state index contributed by atoms with van der Waals surface area (Å²) >= 11 is 2.97. The summed E-state index contributed by atoms with van der Waals surface area (Å²) in [5.74, 6) is -1.34. The smallest absolute Gasteiger partial charge is 0.232 e. The van der Waals surface area contributed by atoms with E-state index in [0.717, 1.165) is 6.26 Å². The molecule has 0 heterocycles. The first-order valence-electron chi connectivity index (χ1n) is 6.19. The van der Waals surface area contributed by atoms with E-state index >= 15 is 0 Å². The number of benzene rings is 1. The number of sulfone groups is 1. The van der Waals surface area contributed by atoms with E-state index in [-0.39, 0.29) is 16.4 Å². The molecule has 5 nitrogen and oxygen atoms in total. The van der Waals surface area contributed by atoms with E-state index in [9.17, 15) is 23.3 Å². The van der Waals surface area contributed by atoms with Gasteiger partial charge in [0.1, 0.15) is 0 Å². The third kappa shape index (κ3) is 3.06. The molecule has 1 saturated carbocycles. The molecule has 2 rings (SSSR count). The van der Waals surface area contributed by atoms with Gasteiger partial charge in [-0.2, -0.15) is 5.26 Å². The van der Waals surface area contributed by atoms with E-state index in [2.05, 4.69) is 15.9 Å². The van der Waals surface area contributed by atoms with Gasteiger partial charge < -0.3 is 0 Å². The van der Waals surface area contributed by atoms with Crippen molar-refractivity contribution in [3.05, 3.63) is 29.8 Å². The van der Waals surface area contributed by atoms with Crippen LogP contribution in [-0.2, 0) is 14.6 Å². The van der Waals surface area contributed by atoms with Crippen LogP contribution in [0.3, 0.4) is 0 Å². The van der Waals surface area contributed by atoms with Gasteiger partial charge in [0.15, 0.2) is 15.6 Å². The second-order valence-corrected chi connectivity index (χ2v) is 8.24. The normalized spacial score (nSPS) is 17.6. The Kier molecular flexibility index (Phi) is 4.04. The molecule has 1 atom stereocenters. The average Bonchev–Trinajstić information content (AvgIpc) is 3.28. The molecule has 0 amide bonds. The van der Waals surface area contributed by atoms with E-state index in [1.807, 2.05) is 0 Å². The van der Waals surface area contributed by atoms with Crippen molar-refractivity contribution in [3.8, 4) is 6.07 Å². The Labute approximate surface area is 131 Å². The van der Waals surface area contributed by atoms with Gasteiger partial charge >= 0.3 is 0 Å². The lowest BCUT2D eigenvalue weighted by Crippen LogP contribution is -2.40. The number of hydrogen-bond acceptors (Lipinski definition) is 5. The Bertz CT molecular complexity index is 744. The van der Waals surface area contributed by atoms with Gasteiger partial charge in [0.05, 0.1) is 11.0 Å². The van der Waals surface area contributed by atoms with Gasteiger partial charge in [-0.15, -0.1) is 0 Å². The molecule has 0 radical (unpaired) electrons. The highest BCUT2D eigenvalue weighted by Gasteiger charge is 2.50. The second kappa shape index (κ2) is 5.35. The summed E-state index contributed by atoms with van der Waals surface area (Å²) in [6, 6.07) is 6.94. The van der Waals surface area contributed by atoms with E-state index < -0.39 is 25.7 Å². The molecule has 1 aliphatic rings. The molecule has 0 bridgehead atoms. The van der Waals surface area contributed by atoms with Crippen molar-refractivity contribution in [1.29, 1.82) is 5.26 Å². The molecule has 0 saturated heterocycles. The van der Waals surface area contributed by atoms with Crippen molar-refractivity contribution in [2.45, 2.75) is 22.1 Å². The summed E-state index contributed by atoms with van der Waals surface area (Å²) in [5, 5.41) is 9.21. The van der Waals surface area contributed by atoms with Gasteiger partial charge in [-0.3, -0.25) is 9.59 Å². The molecule has 0 N–H and O–H groups in total. The topological polar surface area (TPSA) is 92.1 Å². The van der Waals surface area contributed by atoms with E-state index in [4.69, 9.17) is 0 Å². The lowest BCUT2D eigenvalue weighted by molar-refractivity contribution is -0.120. The summed E-state index contributed by atoms with van der Waals surface area (Å²) in [5.41, 5.74) is 0.120. The summed E-state index contributed by atoms with van der Waals surface area (Å²) in [7, 11) is -3.36.